The van der Waals surface area contributed by atoms with Gasteiger partial charge in [0.1, 0.15) is 5.25 Å². The van der Waals surface area contributed by atoms with E-state index >= 15 is 0 Å². The minimum atomic E-state index is -0.923. The molecule has 0 saturated heterocycles. The molecule has 3 N–H and O–H groups in total. The lowest BCUT2D eigenvalue weighted by Crippen LogP contribution is -2.37. The molecular formula is C13H16N2O4S. The van der Waals surface area contributed by atoms with Crippen LogP contribution in [0, 0.1) is 0 Å². The highest BCUT2D eigenvalue weighted by atomic mass is 32.2. The number of thioether (sulfide) groups is 1. The third-order valence-corrected chi connectivity index (χ3v) is 3.48. The number of benzene rings is 1. The van der Waals surface area contributed by atoms with Crippen LogP contribution in [0.2, 0.25) is 0 Å². The van der Waals surface area contributed by atoms with E-state index in [1.54, 1.807) is 31.2 Å². The van der Waals surface area contributed by atoms with E-state index in [4.69, 9.17) is 10.5 Å². The molecule has 0 fully saturated rings. The number of nitrogens with two attached hydrogens (primary N) is 1. The molecule has 7 heteroatoms. The highest BCUT2D eigenvalue weighted by Gasteiger charge is 2.23. The molecule has 0 aliphatic heterocycles. The van der Waals surface area contributed by atoms with Crippen LogP contribution in [0.1, 0.15) is 17.7 Å². The molecule has 0 aliphatic rings. The summed E-state index contributed by atoms with van der Waals surface area (Å²) in [6.45, 7) is 1.99. The quantitative estimate of drug-likeness (QED) is 0.769. The highest BCUT2D eigenvalue weighted by Crippen LogP contribution is 2.29. The Morgan fingerprint density at radius 3 is 2.50 bits per heavy atom. The fourth-order valence-electron chi connectivity index (χ4n) is 1.49. The van der Waals surface area contributed by atoms with Gasteiger partial charge in [0, 0.05) is 0 Å². The summed E-state index contributed by atoms with van der Waals surface area (Å²) in [5.41, 5.74) is 5.62. The van der Waals surface area contributed by atoms with E-state index in [0.29, 0.717) is 5.56 Å². The molecule has 1 aromatic carbocycles. The lowest BCUT2D eigenvalue weighted by molar-refractivity contribution is -0.139. The van der Waals surface area contributed by atoms with E-state index in [-0.39, 0.29) is 12.4 Å². The summed E-state index contributed by atoms with van der Waals surface area (Å²) in [6.07, 6.45) is 0. The number of carbonyl (C=O) groups excluding carboxylic acids is 3. The van der Waals surface area contributed by atoms with Gasteiger partial charge in [-0.3, -0.25) is 14.9 Å². The van der Waals surface area contributed by atoms with Gasteiger partial charge in [0.25, 0.3) is 0 Å². The maximum atomic E-state index is 11.9. The van der Waals surface area contributed by atoms with Gasteiger partial charge >= 0.3 is 12.0 Å². The third kappa shape index (κ3) is 5.31. The van der Waals surface area contributed by atoms with Crippen molar-refractivity contribution >= 4 is 29.7 Å². The number of hydrogen-bond acceptors (Lipinski definition) is 5. The number of esters is 1. The lowest BCUT2D eigenvalue weighted by Gasteiger charge is -2.15. The van der Waals surface area contributed by atoms with Crippen molar-refractivity contribution in [2.75, 3.05) is 12.4 Å². The highest BCUT2D eigenvalue weighted by molar-refractivity contribution is 8.00. The number of rotatable bonds is 6. The van der Waals surface area contributed by atoms with E-state index in [1.807, 2.05) is 11.4 Å². The maximum absolute atomic E-state index is 11.9. The Bertz CT molecular complexity index is 479. The van der Waals surface area contributed by atoms with Crippen molar-refractivity contribution < 1.29 is 19.1 Å². The molecular weight excluding hydrogens is 280 g/mol. The van der Waals surface area contributed by atoms with Crippen molar-refractivity contribution in [2.45, 2.75) is 12.2 Å². The Morgan fingerprint density at radius 2 is 1.95 bits per heavy atom. The number of ether oxygens (including phenoxy) is 1. The maximum Gasteiger partial charge on any atom is 0.318 e. The Hall–Kier alpha value is -2.02. The molecule has 6 nitrogen and oxygen atoms in total. The average Bonchev–Trinajstić information content (AvgIpc) is 2.39. The summed E-state index contributed by atoms with van der Waals surface area (Å²) >= 11 is 1.08. The fraction of sp³-hybridized carbons (Fsp3) is 0.308. The monoisotopic (exact) mass is 296 g/mol. The number of imide groups is 1. The molecule has 0 aliphatic carbocycles. The van der Waals surface area contributed by atoms with Gasteiger partial charge in [-0.2, -0.15) is 0 Å². The van der Waals surface area contributed by atoms with E-state index in [2.05, 4.69) is 0 Å². The second-order valence-electron chi connectivity index (χ2n) is 3.76. The SMILES string of the molecule is CCOC(=O)CS[C@H](C(=O)NC(N)=O)c1ccccc1. The van der Waals surface area contributed by atoms with Crippen LogP contribution in [-0.4, -0.2) is 30.3 Å². The minimum Gasteiger partial charge on any atom is -0.465 e. The Balaban J connectivity index is 2.77. The summed E-state index contributed by atoms with van der Waals surface area (Å²) in [5.74, 6) is -0.956. The van der Waals surface area contributed by atoms with Gasteiger partial charge < -0.3 is 10.5 Å². The van der Waals surface area contributed by atoms with E-state index < -0.39 is 23.2 Å². The van der Waals surface area contributed by atoms with Gasteiger partial charge in [0.15, 0.2) is 0 Å². The molecule has 0 radical (unpaired) electrons. The van der Waals surface area contributed by atoms with Crippen LogP contribution in [0.4, 0.5) is 4.79 Å². The molecule has 1 rings (SSSR count). The zero-order valence-electron chi connectivity index (χ0n) is 11.0. The number of amides is 3. The predicted octanol–water partition coefficient (Wildman–Crippen LogP) is 1.22. The van der Waals surface area contributed by atoms with Crippen LogP contribution in [0.3, 0.4) is 0 Å². The van der Waals surface area contributed by atoms with Crippen molar-refractivity contribution in [2.24, 2.45) is 5.73 Å². The molecule has 0 aromatic heterocycles. The smallest absolute Gasteiger partial charge is 0.318 e. The van der Waals surface area contributed by atoms with Gasteiger partial charge in [0.2, 0.25) is 5.91 Å². The third-order valence-electron chi connectivity index (χ3n) is 2.26. The predicted molar refractivity (Wildman–Crippen MR) is 76.0 cm³/mol. The number of carbonyl (C=O) groups is 3. The van der Waals surface area contributed by atoms with Gasteiger partial charge in [0.05, 0.1) is 12.4 Å². The van der Waals surface area contributed by atoms with Crippen LogP contribution in [0.25, 0.3) is 0 Å². The van der Waals surface area contributed by atoms with Crippen LogP contribution >= 0.6 is 11.8 Å². The summed E-state index contributed by atoms with van der Waals surface area (Å²) < 4.78 is 4.81. The largest absolute Gasteiger partial charge is 0.465 e. The number of nitrogens with one attached hydrogen (secondary N) is 1. The average molecular weight is 296 g/mol. The van der Waals surface area contributed by atoms with Crippen molar-refractivity contribution in [3.05, 3.63) is 35.9 Å². The van der Waals surface area contributed by atoms with E-state index in [9.17, 15) is 14.4 Å². The van der Waals surface area contributed by atoms with Crippen LogP contribution in [0.5, 0.6) is 0 Å². The summed E-state index contributed by atoms with van der Waals surface area (Å²) in [7, 11) is 0. The zero-order valence-corrected chi connectivity index (χ0v) is 11.8. The Kier molecular flexibility index (Phi) is 6.58. The number of hydrogen-bond donors (Lipinski definition) is 2. The van der Waals surface area contributed by atoms with Gasteiger partial charge in [-0.15, -0.1) is 11.8 Å². The summed E-state index contributed by atoms with van der Waals surface area (Å²) in [5, 5.41) is 1.32. The van der Waals surface area contributed by atoms with Crippen molar-refractivity contribution in [3.63, 3.8) is 0 Å². The molecule has 0 heterocycles. The molecule has 0 spiro atoms. The molecule has 0 saturated carbocycles. The zero-order chi connectivity index (χ0) is 15.0. The Labute approximate surface area is 121 Å². The molecule has 20 heavy (non-hydrogen) atoms. The molecule has 0 unspecified atom stereocenters. The van der Waals surface area contributed by atoms with Crippen molar-refractivity contribution in [1.29, 1.82) is 0 Å². The summed E-state index contributed by atoms with van der Waals surface area (Å²) in [6, 6.07) is 7.90. The van der Waals surface area contributed by atoms with Gasteiger partial charge in [-0.1, -0.05) is 30.3 Å². The molecule has 3 amide bonds. The molecule has 1 aromatic rings. The van der Waals surface area contributed by atoms with Crippen LogP contribution in [-0.2, 0) is 14.3 Å². The first kappa shape index (κ1) is 16.0. The van der Waals surface area contributed by atoms with Crippen molar-refractivity contribution in [3.8, 4) is 0 Å². The van der Waals surface area contributed by atoms with Gasteiger partial charge in [-0.05, 0) is 12.5 Å². The molecule has 1 atom stereocenters. The standard InChI is InChI=1S/C13H16N2O4S/c1-2-19-10(16)8-20-11(12(17)15-13(14)18)9-6-4-3-5-7-9/h3-7,11H,2,8H2,1H3,(H3,14,15,17,18)/t11-/m0/s1. The van der Waals surface area contributed by atoms with Crippen molar-refractivity contribution in [1.82, 2.24) is 5.32 Å². The normalized spacial score (nSPS) is 11.4. The molecule has 0 bridgehead atoms. The van der Waals surface area contributed by atoms with E-state index in [0.717, 1.165) is 11.8 Å². The second-order valence-corrected chi connectivity index (χ2v) is 4.85. The second kappa shape index (κ2) is 8.21. The number of urea groups is 1. The fourth-order valence-corrected chi connectivity index (χ4v) is 2.44. The topological polar surface area (TPSA) is 98.5 Å². The lowest BCUT2D eigenvalue weighted by atomic mass is 10.1. The Morgan fingerprint density at radius 1 is 1.30 bits per heavy atom. The minimum absolute atomic E-state index is 0.0135. The van der Waals surface area contributed by atoms with Gasteiger partial charge in [-0.25, -0.2) is 4.79 Å². The van der Waals surface area contributed by atoms with Crippen LogP contribution in [0.15, 0.2) is 30.3 Å². The first-order valence-corrected chi connectivity index (χ1v) is 7.02. The summed E-state index contributed by atoms with van der Waals surface area (Å²) in [4.78, 5) is 34.1. The number of primary amides is 1. The van der Waals surface area contributed by atoms with Crippen LogP contribution < -0.4 is 11.1 Å². The van der Waals surface area contributed by atoms with E-state index in [1.165, 1.54) is 0 Å². The molecule has 108 valence electrons. The first-order chi connectivity index (χ1) is 9.54. The first-order valence-electron chi connectivity index (χ1n) is 5.97.